The Hall–Kier alpha value is -2.55. The molecule has 2 amide bonds. The molecule has 2 N–H and O–H groups in total. The number of aromatic nitrogens is 2. The van der Waals surface area contributed by atoms with Crippen molar-refractivity contribution in [3.8, 4) is 0 Å². The van der Waals surface area contributed by atoms with Crippen molar-refractivity contribution >= 4 is 29.4 Å². The number of hydrogen-bond acceptors (Lipinski definition) is 7. The number of anilines is 1. The van der Waals surface area contributed by atoms with Crippen LogP contribution in [-0.4, -0.2) is 33.6 Å². The fourth-order valence-corrected chi connectivity index (χ4v) is 3.28. The summed E-state index contributed by atoms with van der Waals surface area (Å²) in [5.74, 6) is 0.308. The molecule has 1 aromatic carbocycles. The Morgan fingerprint density at radius 3 is 2.58 bits per heavy atom. The Morgan fingerprint density at radius 2 is 1.94 bits per heavy atom. The molecule has 31 heavy (non-hydrogen) atoms. The number of nitrogens with one attached hydrogen (secondary N) is 2. The third kappa shape index (κ3) is 7.90. The smallest absolute Gasteiger partial charge is 0.408 e. The summed E-state index contributed by atoms with van der Waals surface area (Å²) in [5, 5.41) is 14.1. The molecule has 0 bridgehead atoms. The van der Waals surface area contributed by atoms with Gasteiger partial charge in [-0.3, -0.25) is 4.79 Å². The molecule has 8 nitrogen and oxygen atoms in total. The van der Waals surface area contributed by atoms with E-state index < -0.39 is 17.7 Å². The van der Waals surface area contributed by atoms with Gasteiger partial charge < -0.3 is 19.8 Å². The second-order valence-electron chi connectivity index (χ2n) is 8.57. The van der Waals surface area contributed by atoms with Gasteiger partial charge >= 0.3 is 6.09 Å². The zero-order chi connectivity index (χ0) is 23.2. The van der Waals surface area contributed by atoms with Crippen molar-refractivity contribution in [2.75, 3.05) is 11.1 Å². The molecule has 170 valence electrons. The molecule has 2 rings (SSSR count). The summed E-state index contributed by atoms with van der Waals surface area (Å²) in [6.45, 7) is 13.3. The lowest BCUT2D eigenvalue weighted by Crippen LogP contribution is -2.37. The van der Waals surface area contributed by atoms with Crippen LogP contribution in [0.4, 0.5) is 10.5 Å². The van der Waals surface area contributed by atoms with Gasteiger partial charge in [0.1, 0.15) is 11.6 Å². The van der Waals surface area contributed by atoms with Crippen LogP contribution in [0.15, 0.2) is 27.8 Å². The zero-order valence-corrected chi connectivity index (χ0v) is 20.1. The number of rotatable bonds is 8. The van der Waals surface area contributed by atoms with Crippen molar-refractivity contribution in [1.29, 1.82) is 0 Å². The van der Waals surface area contributed by atoms with E-state index in [9.17, 15) is 9.59 Å². The summed E-state index contributed by atoms with van der Waals surface area (Å²) in [6, 6.07) is 5.42. The molecule has 0 aliphatic heterocycles. The quantitative estimate of drug-likeness (QED) is 0.546. The highest BCUT2D eigenvalue weighted by molar-refractivity contribution is 7.99. The van der Waals surface area contributed by atoms with Crippen LogP contribution in [0.5, 0.6) is 0 Å². The number of carbonyl (C=O) groups is 2. The topological polar surface area (TPSA) is 106 Å². The van der Waals surface area contributed by atoms with Crippen LogP contribution in [0.2, 0.25) is 0 Å². The lowest BCUT2D eigenvalue weighted by molar-refractivity contribution is -0.113. The summed E-state index contributed by atoms with van der Waals surface area (Å²) in [4.78, 5) is 24.6. The molecule has 9 heteroatoms. The van der Waals surface area contributed by atoms with Crippen LogP contribution in [0.1, 0.15) is 64.1 Å². The van der Waals surface area contributed by atoms with Crippen molar-refractivity contribution in [3.63, 3.8) is 0 Å². The highest BCUT2D eigenvalue weighted by atomic mass is 32.2. The number of benzene rings is 1. The van der Waals surface area contributed by atoms with E-state index in [0.29, 0.717) is 0 Å². The highest BCUT2D eigenvalue weighted by Gasteiger charge is 2.28. The number of amides is 2. The molecule has 2 aromatic rings. The summed E-state index contributed by atoms with van der Waals surface area (Å²) in [7, 11) is 0. The van der Waals surface area contributed by atoms with E-state index in [1.165, 1.54) is 0 Å². The van der Waals surface area contributed by atoms with Crippen LogP contribution in [0, 0.1) is 19.8 Å². The van der Waals surface area contributed by atoms with Gasteiger partial charge in [-0.15, -0.1) is 10.2 Å². The molecule has 0 saturated carbocycles. The number of thioether (sulfide) groups is 1. The Balaban J connectivity index is 2.00. The minimum absolute atomic E-state index is 0.0541. The van der Waals surface area contributed by atoms with Gasteiger partial charge in [-0.05, 0) is 57.7 Å². The van der Waals surface area contributed by atoms with Gasteiger partial charge in [0.15, 0.2) is 0 Å². The van der Waals surface area contributed by atoms with Gasteiger partial charge in [0.2, 0.25) is 11.8 Å². The third-order valence-electron chi connectivity index (χ3n) is 4.57. The fourth-order valence-electron chi connectivity index (χ4n) is 2.71. The first-order valence-corrected chi connectivity index (χ1v) is 11.3. The number of aryl methyl sites for hydroxylation is 2. The number of hydrogen-bond donors (Lipinski definition) is 2. The summed E-state index contributed by atoms with van der Waals surface area (Å²) in [6.07, 6.45) is 0.252. The minimum Gasteiger partial charge on any atom is -0.444 e. The Kier molecular flexibility index (Phi) is 8.50. The van der Waals surface area contributed by atoms with Crippen molar-refractivity contribution in [2.45, 2.75) is 71.8 Å². The largest absolute Gasteiger partial charge is 0.444 e. The summed E-state index contributed by atoms with van der Waals surface area (Å²) in [5.41, 5.74) is 2.25. The Bertz CT molecular complexity index is 907. The van der Waals surface area contributed by atoms with E-state index in [2.05, 4.69) is 20.8 Å². The van der Waals surface area contributed by atoms with Crippen molar-refractivity contribution < 1.29 is 18.7 Å². The second kappa shape index (κ2) is 10.7. The van der Waals surface area contributed by atoms with E-state index in [4.69, 9.17) is 9.15 Å². The number of carbonyl (C=O) groups excluding carboxylic acids is 2. The average Bonchev–Trinajstić information content (AvgIpc) is 3.14. The Labute approximate surface area is 187 Å². The maximum absolute atomic E-state index is 12.3. The normalized spacial score (nSPS) is 13.4. The van der Waals surface area contributed by atoms with Gasteiger partial charge in [0.25, 0.3) is 5.22 Å². The molecule has 0 aliphatic carbocycles. The molecule has 0 saturated heterocycles. The van der Waals surface area contributed by atoms with E-state index in [-0.39, 0.29) is 28.7 Å². The molecule has 1 heterocycles. The fraction of sp³-hybridized carbons (Fsp3) is 0.545. The first kappa shape index (κ1) is 24.7. The number of nitrogens with zero attached hydrogens (tertiary/aromatic N) is 2. The van der Waals surface area contributed by atoms with E-state index >= 15 is 0 Å². The van der Waals surface area contributed by atoms with E-state index in [0.717, 1.165) is 35.0 Å². The van der Waals surface area contributed by atoms with Crippen LogP contribution < -0.4 is 10.6 Å². The molecule has 0 fully saturated rings. The SMILES string of the molecule is CC[C@H](C)[C@H](NC(=O)OC(C)(C)C)c1nnc(SCC(=O)Nc2cc(C)ccc2C)o1. The maximum Gasteiger partial charge on any atom is 0.408 e. The monoisotopic (exact) mass is 448 g/mol. The third-order valence-corrected chi connectivity index (χ3v) is 5.39. The van der Waals surface area contributed by atoms with Crippen LogP contribution in [0.25, 0.3) is 0 Å². The van der Waals surface area contributed by atoms with Crippen molar-refractivity contribution in [3.05, 3.63) is 35.2 Å². The van der Waals surface area contributed by atoms with Crippen molar-refractivity contribution in [1.82, 2.24) is 15.5 Å². The number of ether oxygens (including phenoxy) is 1. The molecular formula is C22H32N4O4S. The molecule has 0 aliphatic rings. The Morgan fingerprint density at radius 1 is 1.23 bits per heavy atom. The van der Waals surface area contributed by atoms with Crippen LogP contribution in [-0.2, 0) is 9.53 Å². The van der Waals surface area contributed by atoms with E-state index in [1.54, 1.807) is 20.8 Å². The molecule has 0 unspecified atom stereocenters. The lowest BCUT2D eigenvalue weighted by Gasteiger charge is -2.24. The highest BCUT2D eigenvalue weighted by Crippen LogP contribution is 2.27. The molecule has 0 spiro atoms. The van der Waals surface area contributed by atoms with Gasteiger partial charge in [0, 0.05) is 5.69 Å². The second-order valence-corrected chi connectivity index (χ2v) is 9.50. The summed E-state index contributed by atoms with van der Waals surface area (Å²) < 4.78 is 11.1. The van der Waals surface area contributed by atoms with Crippen LogP contribution in [0.3, 0.4) is 0 Å². The van der Waals surface area contributed by atoms with Gasteiger partial charge in [-0.2, -0.15) is 0 Å². The zero-order valence-electron chi connectivity index (χ0n) is 19.2. The molecule has 2 atom stereocenters. The lowest BCUT2D eigenvalue weighted by atomic mass is 9.99. The minimum atomic E-state index is -0.608. The van der Waals surface area contributed by atoms with Gasteiger partial charge in [-0.25, -0.2) is 4.79 Å². The maximum atomic E-state index is 12.3. The number of alkyl carbamates (subject to hydrolysis) is 1. The van der Waals surface area contributed by atoms with Crippen LogP contribution >= 0.6 is 11.8 Å². The predicted molar refractivity (Wildman–Crippen MR) is 121 cm³/mol. The molecule has 1 aromatic heterocycles. The van der Waals surface area contributed by atoms with Gasteiger partial charge in [-0.1, -0.05) is 44.2 Å². The van der Waals surface area contributed by atoms with E-state index in [1.807, 2.05) is 45.9 Å². The molecular weight excluding hydrogens is 416 g/mol. The first-order valence-electron chi connectivity index (χ1n) is 10.3. The standard InChI is InChI=1S/C22H32N4O4S/c1-8-14(3)18(24-20(28)30-22(5,6)7)19-25-26-21(29-19)31-12-17(27)23-16-11-13(2)9-10-15(16)4/h9-11,14,18H,8,12H2,1-7H3,(H,23,27)(H,24,28)/t14-,18-/m0/s1. The summed E-state index contributed by atoms with van der Waals surface area (Å²) >= 11 is 1.15. The average molecular weight is 449 g/mol. The van der Waals surface area contributed by atoms with Crippen molar-refractivity contribution in [2.24, 2.45) is 5.92 Å². The predicted octanol–water partition coefficient (Wildman–Crippen LogP) is 5.03. The van der Waals surface area contributed by atoms with Gasteiger partial charge in [0.05, 0.1) is 5.75 Å². The first-order chi connectivity index (χ1) is 14.5. The molecule has 0 radical (unpaired) electrons.